The summed E-state index contributed by atoms with van der Waals surface area (Å²) in [6.07, 6.45) is -0.615. The number of aliphatic hydroxyl groups is 1. The zero-order valence-electron chi connectivity index (χ0n) is 17.6. The molecule has 0 fully saturated rings. The Kier molecular flexibility index (Phi) is 11.8. The summed E-state index contributed by atoms with van der Waals surface area (Å²) in [7, 11) is 0. The molecule has 0 bridgehead atoms. The number of rotatable bonds is 9. The van der Waals surface area contributed by atoms with Gasteiger partial charge < -0.3 is 25.8 Å². The van der Waals surface area contributed by atoms with Crippen LogP contribution in [-0.4, -0.2) is 42.7 Å². The van der Waals surface area contributed by atoms with E-state index >= 15 is 0 Å². The second kappa shape index (κ2) is 13.8. The van der Waals surface area contributed by atoms with Gasteiger partial charge in [-0.2, -0.15) is 0 Å². The number of ether oxygens (including phenoxy) is 1. The van der Waals surface area contributed by atoms with Gasteiger partial charge in [0.15, 0.2) is 5.96 Å². The molecule has 1 atom stereocenters. The third-order valence-corrected chi connectivity index (χ3v) is 3.88. The normalized spacial score (nSPS) is 12.0. The molecule has 0 aromatic heterocycles. The van der Waals surface area contributed by atoms with Crippen LogP contribution in [-0.2, 0) is 4.79 Å². The summed E-state index contributed by atoms with van der Waals surface area (Å²) in [6, 6.07) is 16.6. The summed E-state index contributed by atoms with van der Waals surface area (Å²) in [6.45, 7) is 6.75. The minimum atomic E-state index is -0.717. The number of guanidine groups is 1. The summed E-state index contributed by atoms with van der Waals surface area (Å²) in [4.78, 5) is 16.3. The van der Waals surface area contributed by atoms with Crippen molar-refractivity contribution in [2.75, 3.05) is 25.0 Å². The average Bonchev–Trinajstić information content (AvgIpc) is 2.70. The number of anilines is 1. The molecule has 1 unspecified atom stereocenters. The number of nitrogens with zero attached hydrogens (tertiary/aromatic N) is 1. The molecule has 0 aliphatic heterocycles. The molecule has 0 radical (unpaired) electrons. The van der Waals surface area contributed by atoms with Crippen molar-refractivity contribution in [1.82, 2.24) is 10.6 Å². The Morgan fingerprint density at radius 2 is 1.73 bits per heavy atom. The van der Waals surface area contributed by atoms with Crippen LogP contribution in [0.15, 0.2) is 59.6 Å². The standard InChI is InChI=1S/C22H30N4O3.HI/c1-4-23-22(25-15-21(28)26-18-8-6-5-7-9-18)24-14-20(27)17-10-12-19(13-11-17)29-16(2)3;/h5-13,16,20,27H,4,14-15H2,1-3H3,(H,26,28)(H2,23,24,25);1H. The summed E-state index contributed by atoms with van der Waals surface area (Å²) in [5, 5.41) is 19.3. The molecule has 1 amide bonds. The number of benzene rings is 2. The number of aliphatic imine (C=N–C) groups is 1. The van der Waals surface area contributed by atoms with Crippen LogP contribution in [0, 0.1) is 0 Å². The van der Waals surface area contributed by atoms with Gasteiger partial charge in [-0.15, -0.1) is 24.0 Å². The molecule has 0 saturated heterocycles. The highest BCUT2D eigenvalue weighted by Crippen LogP contribution is 2.18. The van der Waals surface area contributed by atoms with Crippen LogP contribution < -0.4 is 20.7 Å². The van der Waals surface area contributed by atoms with E-state index in [0.29, 0.717) is 12.5 Å². The van der Waals surface area contributed by atoms with E-state index in [1.54, 1.807) is 0 Å². The second-order valence-electron chi connectivity index (χ2n) is 6.74. The van der Waals surface area contributed by atoms with E-state index in [4.69, 9.17) is 4.74 Å². The average molecular weight is 526 g/mol. The van der Waals surface area contributed by atoms with E-state index in [1.165, 1.54) is 0 Å². The van der Waals surface area contributed by atoms with Crippen molar-refractivity contribution >= 4 is 41.5 Å². The fourth-order valence-electron chi connectivity index (χ4n) is 2.57. The van der Waals surface area contributed by atoms with Crippen LogP contribution in [0.4, 0.5) is 5.69 Å². The number of para-hydroxylation sites is 1. The van der Waals surface area contributed by atoms with Gasteiger partial charge in [0.05, 0.1) is 12.2 Å². The van der Waals surface area contributed by atoms with Crippen molar-refractivity contribution in [2.45, 2.75) is 33.0 Å². The lowest BCUT2D eigenvalue weighted by Crippen LogP contribution is -2.40. The third kappa shape index (κ3) is 9.45. The largest absolute Gasteiger partial charge is 0.491 e. The van der Waals surface area contributed by atoms with E-state index in [2.05, 4.69) is 20.9 Å². The second-order valence-corrected chi connectivity index (χ2v) is 6.74. The SMILES string of the molecule is CCNC(=NCC(=O)Nc1ccccc1)NCC(O)c1ccc(OC(C)C)cc1.I. The van der Waals surface area contributed by atoms with Gasteiger partial charge >= 0.3 is 0 Å². The Morgan fingerprint density at radius 3 is 2.33 bits per heavy atom. The van der Waals surface area contributed by atoms with E-state index < -0.39 is 6.10 Å². The number of aliphatic hydroxyl groups excluding tert-OH is 1. The van der Waals surface area contributed by atoms with Crippen LogP contribution in [0.2, 0.25) is 0 Å². The molecule has 2 aromatic carbocycles. The Morgan fingerprint density at radius 1 is 1.07 bits per heavy atom. The monoisotopic (exact) mass is 526 g/mol. The number of carbonyl (C=O) groups excluding carboxylic acids is 1. The van der Waals surface area contributed by atoms with Crippen molar-refractivity contribution in [2.24, 2.45) is 4.99 Å². The molecule has 7 nitrogen and oxygen atoms in total. The van der Waals surface area contributed by atoms with Crippen LogP contribution in [0.1, 0.15) is 32.4 Å². The van der Waals surface area contributed by atoms with Crippen LogP contribution in [0.5, 0.6) is 5.75 Å². The first-order valence-corrected chi connectivity index (χ1v) is 9.79. The molecular weight excluding hydrogens is 495 g/mol. The van der Waals surface area contributed by atoms with E-state index in [0.717, 1.165) is 17.0 Å². The Hall–Kier alpha value is -2.33. The predicted octanol–water partition coefficient (Wildman–Crippen LogP) is 3.32. The van der Waals surface area contributed by atoms with Crippen LogP contribution in [0.3, 0.4) is 0 Å². The lowest BCUT2D eigenvalue weighted by Gasteiger charge is -2.16. The van der Waals surface area contributed by atoms with Gasteiger partial charge in [-0.1, -0.05) is 30.3 Å². The number of carbonyl (C=O) groups is 1. The molecule has 0 saturated carbocycles. The molecular formula is C22H31IN4O3. The zero-order valence-corrected chi connectivity index (χ0v) is 19.9. The number of hydrogen-bond donors (Lipinski definition) is 4. The van der Waals surface area contributed by atoms with Crippen molar-refractivity contribution in [3.05, 3.63) is 60.2 Å². The number of nitrogens with one attached hydrogen (secondary N) is 3. The summed E-state index contributed by atoms with van der Waals surface area (Å²) in [5.41, 5.74) is 1.50. The Balaban J connectivity index is 0.00000450. The Labute approximate surface area is 195 Å². The maximum atomic E-state index is 12.1. The molecule has 2 aromatic rings. The van der Waals surface area contributed by atoms with E-state index in [-0.39, 0.29) is 49.1 Å². The lowest BCUT2D eigenvalue weighted by atomic mass is 10.1. The minimum absolute atomic E-state index is 0. The van der Waals surface area contributed by atoms with Gasteiger partial charge in [0.25, 0.3) is 0 Å². The molecule has 0 spiro atoms. The molecule has 8 heteroatoms. The van der Waals surface area contributed by atoms with Gasteiger partial charge in [-0.3, -0.25) is 4.79 Å². The van der Waals surface area contributed by atoms with Crippen LogP contribution in [0.25, 0.3) is 0 Å². The van der Waals surface area contributed by atoms with Gasteiger partial charge in [-0.25, -0.2) is 4.99 Å². The summed E-state index contributed by atoms with van der Waals surface area (Å²) < 4.78 is 5.61. The highest BCUT2D eigenvalue weighted by Gasteiger charge is 2.10. The lowest BCUT2D eigenvalue weighted by molar-refractivity contribution is -0.114. The van der Waals surface area contributed by atoms with Crippen molar-refractivity contribution in [1.29, 1.82) is 0 Å². The fraction of sp³-hybridized carbons (Fsp3) is 0.364. The first kappa shape index (κ1) is 25.7. The third-order valence-electron chi connectivity index (χ3n) is 3.88. The van der Waals surface area contributed by atoms with Gasteiger partial charge in [0.1, 0.15) is 12.3 Å². The Bertz CT molecular complexity index is 783. The van der Waals surface area contributed by atoms with E-state index in [1.807, 2.05) is 75.4 Å². The first-order chi connectivity index (χ1) is 14.0. The zero-order chi connectivity index (χ0) is 21.1. The van der Waals surface area contributed by atoms with E-state index in [9.17, 15) is 9.90 Å². The molecule has 30 heavy (non-hydrogen) atoms. The summed E-state index contributed by atoms with van der Waals surface area (Å²) >= 11 is 0. The predicted molar refractivity (Wildman–Crippen MR) is 132 cm³/mol. The molecule has 2 rings (SSSR count). The molecule has 0 heterocycles. The molecule has 0 aliphatic rings. The number of amides is 1. The summed E-state index contributed by atoms with van der Waals surface area (Å²) in [5.74, 6) is 1.02. The first-order valence-electron chi connectivity index (χ1n) is 9.79. The minimum Gasteiger partial charge on any atom is -0.491 e. The fourth-order valence-corrected chi connectivity index (χ4v) is 2.57. The van der Waals surface area contributed by atoms with Crippen molar-refractivity contribution in [3.8, 4) is 5.75 Å². The van der Waals surface area contributed by atoms with Gasteiger partial charge in [0, 0.05) is 18.8 Å². The van der Waals surface area contributed by atoms with Crippen molar-refractivity contribution in [3.63, 3.8) is 0 Å². The number of halogens is 1. The maximum Gasteiger partial charge on any atom is 0.246 e. The van der Waals surface area contributed by atoms with Gasteiger partial charge in [0.2, 0.25) is 5.91 Å². The van der Waals surface area contributed by atoms with Crippen LogP contribution >= 0.6 is 24.0 Å². The van der Waals surface area contributed by atoms with Gasteiger partial charge in [-0.05, 0) is 50.6 Å². The molecule has 4 N–H and O–H groups in total. The topological polar surface area (TPSA) is 95.0 Å². The highest BCUT2D eigenvalue weighted by molar-refractivity contribution is 14.0. The molecule has 0 aliphatic carbocycles. The van der Waals surface area contributed by atoms with Crippen molar-refractivity contribution < 1.29 is 14.6 Å². The molecule has 164 valence electrons. The smallest absolute Gasteiger partial charge is 0.246 e. The quantitative estimate of drug-likeness (QED) is 0.229. The maximum absolute atomic E-state index is 12.1. The highest BCUT2D eigenvalue weighted by atomic mass is 127. The number of hydrogen-bond acceptors (Lipinski definition) is 4.